The van der Waals surface area contributed by atoms with Crippen LogP contribution >= 0.6 is 11.6 Å². The number of carbonyl (C=O) groups is 1. The molecule has 3 aromatic rings. The average Bonchev–Trinajstić information content (AvgIpc) is 3.39. The van der Waals surface area contributed by atoms with Gasteiger partial charge in [0.05, 0.1) is 17.8 Å². The Morgan fingerprint density at radius 2 is 1.97 bits per heavy atom. The zero-order valence-corrected chi connectivity index (χ0v) is 21.7. The summed E-state index contributed by atoms with van der Waals surface area (Å²) in [5, 5.41) is 19.8. The van der Waals surface area contributed by atoms with Gasteiger partial charge in [-0.05, 0) is 19.1 Å². The number of amidine groups is 1. The molecule has 2 fully saturated rings. The third-order valence-corrected chi connectivity index (χ3v) is 6.95. The van der Waals surface area contributed by atoms with E-state index in [0.717, 1.165) is 5.56 Å². The van der Waals surface area contributed by atoms with Gasteiger partial charge in [0.2, 0.25) is 0 Å². The molecule has 0 spiro atoms. The van der Waals surface area contributed by atoms with Crippen molar-refractivity contribution in [1.29, 1.82) is 0 Å². The molecule has 2 aliphatic heterocycles. The van der Waals surface area contributed by atoms with Crippen LogP contribution < -0.4 is 0 Å². The number of halogens is 2. The van der Waals surface area contributed by atoms with E-state index in [1.165, 1.54) is 16.8 Å². The van der Waals surface area contributed by atoms with Crippen molar-refractivity contribution in [3.8, 4) is 11.3 Å². The van der Waals surface area contributed by atoms with Crippen LogP contribution in [0.15, 0.2) is 59.7 Å². The number of hydrogen-bond acceptors (Lipinski definition) is 7. The topological polar surface area (TPSA) is 111 Å². The van der Waals surface area contributed by atoms with E-state index >= 15 is 0 Å². The number of aliphatic imine (C=N–C) groups is 1. The highest BCUT2D eigenvalue weighted by molar-refractivity contribution is 6.30. The van der Waals surface area contributed by atoms with Gasteiger partial charge in [0.25, 0.3) is 5.91 Å². The number of aliphatic hydroxyl groups excluding tert-OH is 1. The third-order valence-electron chi connectivity index (χ3n) is 6.64. The van der Waals surface area contributed by atoms with Gasteiger partial charge in [-0.2, -0.15) is 4.99 Å². The van der Waals surface area contributed by atoms with Crippen molar-refractivity contribution in [2.75, 3.05) is 20.7 Å². The summed E-state index contributed by atoms with van der Waals surface area (Å²) in [7, 11) is 3.51. The number of benzene rings is 2. The van der Waals surface area contributed by atoms with Crippen LogP contribution in [0, 0.1) is 5.82 Å². The van der Waals surface area contributed by atoms with Crippen molar-refractivity contribution in [1.82, 2.24) is 19.9 Å². The highest BCUT2D eigenvalue weighted by atomic mass is 35.5. The van der Waals surface area contributed by atoms with Gasteiger partial charge in [0.15, 0.2) is 12.4 Å². The lowest BCUT2D eigenvalue weighted by Gasteiger charge is -2.47. The summed E-state index contributed by atoms with van der Waals surface area (Å²) in [5.74, 6) is -0.779. The number of aromatic nitrogens is 3. The Morgan fingerprint density at radius 1 is 1.21 bits per heavy atom. The van der Waals surface area contributed by atoms with Crippen LogP contribution in [0.5, 0.6) is 0 Å². The maximum atomic E-state index is 14.1. The Bertz CT molecular complexity index is 1340. The minimum absolute atomic E-state index is 0.0127. The van der Waals surface area contributed by atoms with Crippen LogP contribution in [0.25, 0.3) is 11.3 Å². The molecule has 0 unspecified atom stereocenters. The van der Waals surface area contributed by atoms with E-state index in [1.807, 2.05) is 30.3 Å². The second kappa shape index (κ2) is 10.9. The first-order chi connectivity index (χ1) is 18.2. The molecule has 38 heavy (non-hydrogen) atoms. The van der Waals surface area contributed by atoms with Crippen molar-refractivity contribution in [3.63, 3.8) is 0 Å². The molecule has 0 radical (unpaired) electrons. The van der Waals surface area contributed by atoms with E-state index in [0.29, 0.717) is 17.1 Å². The quantitative estimate of drug-likeness (QED) is 0.395. The molecular formula is C26H27ClFN5O5. The normalized spacial score (nSPS) is 27.6. The van der Waals surface area contributed by atoms with Gasteiger partial charge in [0, 0.05) is 25.2 Å². The van der Waals surface area contributed by atoms with E-state index in [1.54, 1.807) is 38.2 Å². The number of amides is 1. The molecule has 1 amide bonds. The highest BCUT2D eigenvalue weighted by Crippen LogP contribution is 2.39. The third kappa shape index (κ3) is 5.20. The largest absolute Gasteiger partial charge is 0.387 e. The summed E-state index contributed by atoms with van der Waals surface area (Å²) in [5.41, 5.74) is 1.59. The molecule has 0 aliphatic carbocycles. The second-order valence-electron chi connectivity index (χ2n) is 9.36. The summed E-state index contributed by atoms with van der Waals surface area (Å²) < 4.78 is 33.7. The molecule has 10 nitrogen and oxygen atoms in total. The fourth-order valence-electron chi connectivity index (χ4n) is 4.44. The SMILES string of the molecule is CC(=NC(=O)[C@@H]1O[C@@H]2CO[C@H](c3ccccc3)O[C@@H]2[C@H](n2cc(-c3ccc(Cl)c(F)c3)nn2)[C@H]1O)N(C)C. The first-order valence-corrected chi connectivity index (χ1v) is 12.4. The Kier molecular flexibility index (Phi) is 7.55. The van der Waals surface area contributed by atoms with Gasteiger partial charge in [-0.3, -0.25) is 4.79 Å². The van der Waals surface area contributed by atoms with Crippen LogP contribution in [-0.2, 0) is 19.0 Å². The first-order valence-electron chi connectivity index (χ1n) is 12.0. The smallest absolute Gasteiger partial charge is 0.279 e. The van der Waals surface area contributed by atoms with Crippen LogP contribution in [0.4, 0.5) is 4.39 Å². The van der Waals surface area contributed by atoms with E-state index in [2.05, 4.69) is 15.3 Å². The lowest BCUT2D eigenvalue weighted by atomic mass is 9.91. The van der Waals surface area contributed by atoms with Gasteiger partial charge in [-0.15, -0.1) is 5.10 Å². The second-order valence-corrected chi connectivity index (χ2v) is 9.76. The lowest BCUT2D eigenvalue weighted by Crippen LogP contribution is -2.61. The van der Waals surface area contributed by atoms with Crippen molar-refractivity contribution in [2.24, 2.45) is 4.99 Å². The van der Waals surface area contributed by atoms with Gasteiger partial charge in [-0.25, -0.2) is 9.07 Å². The predicted molar refractivity (Wildman–Crippen MR) is 136 cm³/mol. The number of hydrogen-bond donors (Lipinski definition) is 1. The van der Waals surface area contributed by atoms with Crippen molar-refractivity contribution < 1.29 is 28.5 Å². The van der Waals surface area contributed by atoms with Gasteiger partial charge in [-0.1, -0.05) is 53.2 Å². The maximum absolute atomic E-state index is 14.1. The Hall–Kier alpha value is -3.22. The van der Waals surface area contributed by atoms with Crippen LogP contribution in [0.3, 0.4) is 0 Å². The molecule has 2 aromatic carbocycles. The maximum Gasteiger partial charge on any atom is 0.279 e. The summed E-state index contributed by atoms with van der Waals surface area (Å²) >= 11 is 5.82. The standard InChI is InChI=1S/C26H27ClFN5O5/c1-14(32(2)3)29-25(35)24-22(34)21(33-12-19(30-31-33)16-9-10-17(27)18(28)11-16)23-20(37-24)13-36-26(38-23)15-7-5-4-6-8-15/h4-12,20-24,26,34H,13H2,1-3H3/t20-,21-,22-,23+,24-,26+/m1/s1. The molecule has 2 saturated heterocycles. The van der Waals surface area contributed by atoms with Crippen molar-refractivity contribution in [3.05, 3.63) is 71.1 Å². The number of aliphatic hydroxyl groups is 1. The highest BCUT2D eigenvalue weighted by Gasteiger charge is 2.53. The van der Waals surface area contributed by atoms with Gasteiger partial charge < -0.3 is 24.2 Å². The van der Waals surface area contributed by atoms with E-state index in [9.17, 15) is 14.3 Å². The minimum atomic E-state index is -1.38. The van der Waals surface area contributed by atoms with Gasteiger partial charge >= 0.3 is 0 Å². The van der Waals surface area contributed by atoms with Crippen molar-refractivity contribution in [2.45, 2.75) is 43.7 Å². The molecule has 0 bridgehead atoms. The summed E-state index contributed by atoms with van der Waals surface area (Å²) in [6, 6.07) is 12.8. The van der Waals surface area contributed by atoms with Crippen LogP contribution in [0.2, 0.25) is 5.02 Å². The van der Waals surface area contributed by atoms with Crippen molar-refractivity contribution >= 4 is 23.3 Å². The predicted octanol–water partition coefficient (Wildman–Crippen LogP) is 3.03. The first kappa shape index (κ1) is 26.4. The molecule has 1 aromatic heterocycles. The number of carbonyl (C=O) groups excluding carboxylic acids is 1. The fraction of sp³-hybridized carbons (Fsp3) is 0.385. The van der Waals surface area contributed by atoms with Gasteiger partial charge in [0.1, 0.15) is 41.7 Å². The zero-order valence-electron chi connectivity index (χ0n) is 20.9. The Labute approximate surface area is 223 Å². The van der Waals surface area contributed by atoms with E-state index in [-0.39, 0.29) is 11.6 Å². The monoisotopic (exact) mass is 543 g/mol. The minimum Gasteiger partial charge on any atom is -0.387 e. The molecule has 200 valence electrons. The van der Waals surface area contributed by atoms with E-state index < -0.39 is 48.5 Å². The molecule has 2 aliphatic rings. The van der Waals surface area contributed by atoms with Crippen LogP contribution in [0.1, 0.15) is 24.8 Å². The summed E-state index contributed by atoms with van der Waals surface area (Å²) in [6.45, 7) is 1.79. The summed E-state index contributed by atoms with van der Waals surface area (Å²) in [4.78, 5) is 18.8. The number of rotatable bonds is 4. The Morgan fingerprint density at radius 3 is 2.68 bits per heavy atom. The summed E-state index contributed by atoms with van der Waals surface area (Å²) in [6.07, 6.45) is -3.28. The van der Waals surface area contributed by atoms with E-state index in [4.69, 9.17) is 25.8 Å². The molecule has 6 atom stereocenters. The number of nitrogens with zero attached hydrogens (tertiary/aromatic N) is 5. The molecule has 12 heteroatoms. The number of fused-ring (bicyclic) bond motifs is 1. The number of ether oxygens (including phenoxy) is 3. The molecule has 0 saturated carbocycles. The fourth-order valence-corrected chi connectivity index (χ4v) is 4.55. The molecule has 3 heterocycles. The molecular weight excluding hydrogens is 517 g/mol. The zero-order chi connectivity index (χ0) is 27.0. The average molecular weight is 544 g/mol. The molecule has 5 rings (SSSR count). The van der Waals surface area contributed by atoms with Crippen LogP contribution in [-0.4, -0.2) is 81.9 Å². The molecule has 1 N–H and O–H groups in total. The lowest BCUT2D eigenvalue weighted by molar-refractivity contribution is -0.312. The Balaban J connectivity index is 1.50.